The lowest BCUT2D eigenvalue weighted by Crippen LogP contribution is -2.13. The third-order valence-corrected chi connectivity index (χ3v) is 1.90. The van der Waals surface area contributed by atoms with Gasteiger partial charge in [-0.3, -0.25) is 0 Å². The summed E-state index contributed by atoms with van der Waals surface area (Å²) in [4.78, 5) is 0. The normalized spacial score (nSPS) is 12.9. The van der Waals surface area contributed by atoms with Crippen molar-refractivity contribution in [2.75, 3.05) is 6.54 Å². The molecule has 0 aliphatic rings. The summed E-state index contributed by atoms with van der Waals surface area (Å²) in [6, 6.07) is 2.37. The lowest BCUT2D eigenvalue weighted by molar-refractivity contribution is 0.181. The van der Waals surface area contributed by atoms with Gasteiger partial charge in [-0.2, -0.15) is 0 Å². The number of rotatable bonds is 2. The zero-order chi connectivity index (χ0) is 10.0. The smallest absolute Gasteiger partial charge is 0.132 e. The molecule has 72 valence electrons. The van der Waals surface area contributed by atoms with Crippen LogP contribution in [0.2, 0.25) is 0 Å². The number of aliphatic hydroxyl groups excluding tert-OH is 1. The number of hydrogen-bond donors (Lipinski definition) is 3. The Morgan fingerprint density at radius 3 is 2.69 bits per heavy atom. The largest absolute Gasteiger partial charge is 0.508 e. The van der Waals surface area contributed by atoms with Crippen molar-refractivity contribution in [1.82, 2.24) is 0 Å². The molecule has 0 saturated carbocycles. The maximum absolute atomic E-state index is 13.1. The SMILES string of the molecule is Cc1cc(C(O)CN)c(F)cc1O. The molecular weight excluding hydrogens is 173 g/mol. The highest BCUT2D eigenvalue weighted by Gasteiger charge is 2.13. The maximum atomic E-state index is 13.1. The molecule has 0 amide bonds. The molecule has 1 aromatic carbocycles. The van der Waals surface area contributed by atoms with Gasteiger partial charge in [0.15, 0.2) is 0 Å². The highest BCUT2D eigenvalue weighted by atomic mass is 19.1. The standard InChI is InChI=1S/C9H12FNO2/c1-5-2-6(9(13)4-11)7(10)3-8(5)12/h2-3,9,12-13H,4,11H2,1H3. The second kappa shape index (κ2) is 3.72. The van der Waals surface area contributed by atoms with Crippen molar-refractivity contribution in [3.05, 3.63) is 29.1 Å². The average Bonchev–Trinajstić information content (AvgIpc) is 2.10. The number of benzene rings is 1. The van der Waals surface area contributed by atoms with Crippen LogP contribution < -0.4 is 5.73 Å². The summed E-state index contributed by atoms with van der Waals surface area (Å²) in [5.41, 5.74) is 5.82. The number of phenolic OH excluding ortho intramolecular Hbond substituents is 1. The lowest BCUT2D eigenvalue weighted by atomic mass is 10.1. The Kier molecular flexibility index (Phi) is 2.85. The van der Waals surface area contributed by atoms with Crippen LogP contribution in [-0.2, 0) is 0 Å². The van der Waals surface area contributed by atoms with E-state index < -0.39 is 11.9 Å². The molecule has 4 heteroatoms. The molecular formula is C9H12FNO2. The van der Waals surface area contributed by atoms with Crippen molar-refractivity contribution in [1.29, 1.82) is 0 Å². The fraction of sp³-hybridized carbons (Fsp3) is 0.333. The highest BCUT2D eigenvalue weighted by Crippen LogP contribution is 2.24. The van der Waals surface area contributed by atoms with Crippen molar-refractivity contribution in [2.45, 2.75) is 13.0 Å². The van der Waals surface area contributed by atoms with Gasteiger partial charge in [0.2, 0.25) is 0 Å². The lowest BCUT2D eigenvalue weighted by Gasteiger charge is -2.10. The van der Waals surface area contributed by atoms with Crippen molar-refractivity contribution < 1.29 is 14.6 Å². The quantitative estimate of drug-likeness (QED) is 0.639. The monoisotopic (exact) mass is 185 g/mol. The number of aryl methyl sites for hydroxylation is 1. The van der Waals surface area contributed by atoms with Crippen LogP contribution in [-0.4, -0.2) is 16.8 Å². The van der Waals surface area contributed by atoms with Gasteiger partial charge in [0.05, 0.1) is 6.10 Å². The molecule has 0 fully saturated rings. The van der Waals surface area contributed by atoms with E-state index in [1.54, 1.807) is 6.92 Å². The van der Waals surface area contributed by atoms with Gasteiger partial charge in [0.1, 0.15) is 11.6 Å². The number of phenols is 1. The summed E-state index contributed by atoms with van der Waals surface area (Å²) in [5.74, 6) is -0.758. The van der Waals surface area contributed by atoms with Crippen molar-refractivity contribution in [2.24, 2.45) is 5.73 Å². The Morgan fingerprint density at radius 2 is 2.15 bits per heavy atom. The topological polar surface area (TPSA) is 66.5 Å². The first kappa shape index (κ1) is 9.95. The summed E-state index contributed by atoms with van der Waals surface area (Å²) >= 11 is 0. The predicted octanol–water partition coefficient (Wildman–Crippen LogP) is 0.832. The molecule has 1 atom stereocenters. The molecule has 1 rings (SSSR count). The molecule has 0 aliphatic heterocycles. The first-order valence-corrected chi connectivity index (χ1v) is 3.93. The molecule has 0 radical (unpaired) electrons. The van der Waals surface area contributed by atoms with Gasteiger partial charge in [-0.25, -0.2) is 4.39 Å². The van der Waals surface area contributed by atoms with Crippen LogP contribution >= 0.6 is 0 Å². The number of aromatic hydroxyl groups is 1. The second-order valence-electron chi connectivity index (χ2n) is 2.91. The Morgan fingerprint density at radius 1 is 1.54 bits per heavy atom. The number of aliphatic hydroxyl groups is 1. The Labute approximate surface area is 75.6 Å². The second-order valence-corrected chi connectivity index (χ2v) is 2.91. The molecule has 1 aromatic rings. The van der Waals surface area contributed by atoms with Crippen LogP contribution in [0, 0.1) is 12.7 Å². The molecule has 0 saturated heterocycles. The highest BCUT2D eigenvalue weighted by molar-refractivity contribution is 5.37. The van der Waals surface area contributed by atoms with E-state index in [1.165, 1.54) is 6.07 Å². The molecule has 0 bridgehead atoms. The minimum absolute atomic E-state index is 0.0405. The number of nitrogens with two attached hydrogens (primary N) is 1. The number of halogens is 1. The Hall–Kier alpha value is -1.13. The zero-order valence-corrected chi connectivity index (χ0v) is 7.29. The van der Waals surface area contributed by atoms with Crippen LogP contribution in [0.5, 0.6) is 5.75 Å². The summed E-state index contributed by atoms with van der Waals surface area (Å²) in [7, 11) is 0. The van der Waals surface area contributed by atoms with E-state index >= 15 is 0 Å². The van der Waals surface area contributed by atoms with Crippen molar-refractivity contribution in [3.8, 4) is 5.75 Å². The third kappa shape index (κ3) is 1.96. The zero-order valence-electron chi connectivity index (χ0n) is 7.29. The van der Waals surface area contributed by atoms with E-state index in [9.17, 15) is 9.50 Å². The average molecular weight is 185 g/mol. The van der Waals surface area contributed by atoms with E-state index in [1.807, 2.05) is 0 Å². The molecule has 13 heavy (non-hydrogen) atoms. The van der Waals surface area contributed by atoms with E-state index in [-0.39, 0.29) is 17.9 Å². The van der Waals surface area contributed by atoms with Crippen LogP contribution in [0.3, 0.4) is 0 Å². The van der Waals surface area contributed by atoms with Crippen molar-refractivity contribution in [3.63, 3.8) is 0 Å². The van der Waals surface area contributed by atoms with E-state index in [0.717, 1.165) is 6.07 Å². The molecule has 0 aromatic heterocycles. The Bertz CT molecular complexity index is 315. The fourth-order valence-electron chi connectivity index (χ4n) is 1.08. The number of hydrogen-bond acceptors (Lipinski definition) is 3. The van der Waals surface area contributed by atoms with Crippen LogP contribution in [0.1, 0.15) is 17.2 Å². The Balaban J connectivity index is 3.15. The minimum atomic E-state index is -1.01. The molecule has 1 unspecified atom stereocenters. The molecule has 3 nitrogen and oxygen atoms in total. The summed E-state index contributed by atoms with van der Waals surface area (Å²) in [5, 5.41) is 18.4. The van der Waals surface area contributed by atoms with Gasteiger partial charge in [-0.15, -0.1) is 0 Å². The summed E-state index contributed by atoms with van der Waals surface area (Å²) in [6.45, 7) is 1.59. The molecule has 0 heterocycles. The first-order chi connectivity index (χ1) is 6.06. The van der Waals surface area contributed by atoms with Crippen LogP contribution in [0.4, 0.5) is 4.39 Å². The van der Waals surface area contributed by atoms with Crippen molar-refractivity contribution >= 4 is 0 Å². The molecule has 0 aliphatic carbocycles. The summed E-state index contributed by atoms with van der Waals surface area (Å²) < 4.78 is 13.1. The van der Waals surface area contributed by atoms with Crippen LogP contribution in [0.15, 0.2) is 12.1 Å². The van der Waals surface area contributed by atoms with E-state index in [4.69, 9.17) is 10.8 Å². The maximum Gasteiger partial charge on any atom is 0.132 e. The van der Waals surface area contributed by atoms with Gasteiger partial charge in [0.25, 0.3) is 0 Å². The van der Waals surface area contributed by atoms with Gasteiger partial charge >= 0.3 is 0 Å². The predicted molar refractivity (Wildman–Crippen MR) is 46.8 cm³/mol. The van der Waals surface area contributed by atoms with Gasteiger partial charge < -0.3 is 15.9 Å². The van der Waals surface area contributed by atoms with E-state index in [2.05, 4.69) is 0 Å². The van der Waals surface area contributed by atoms with Gasteiger partial charge in [0, 0.05) is 18.2 Å². The van der Waals surface area contributed by atoms with E-state index in [0.29, 0.717) is 5.56 Å². The van der Waals surface area contributed by atoms with Gasteiger partial charge in [-0.05, 0) is 18.6 Å². The molecule has 4 N–H and O–H groups in total. The molecule has 0 spiro atoms. The minimum Gasteiger partial charge on any atom is -0.508 e. The third-order valence-electron chi connectivity index (χ3n) is 1.90. The van der Waals surface area contributed by atoms with Gasteiger partial charge in [-0.1, -0.05) is 0 Å². The van der Waals surface area contributed by atoms with Crippen LogP contribution in [0.25, 0.3) is 0 Å². The fourth-order valence-corrected chi connectivity index (χ4v) is 1.08. The summed E-state index contributed by atoms with van der Waals surface area (Å²) in [6.07, 6.45) is -1.01. The first-order valence-electron chi connectivity index (χ1n) is 3.93.